The fourth-order valence-corrected chi connectivity index (χ4v) is 4.31. The topological polar surface area (TPSA) is 96.0 Å². The quantitative estimate of drug-likeness (QED) is 0.314. The Bertz CT molecular complexity index is 1470. The fourth-order valence-electron chi connectivity index (χ4n) is 4.10. The molecular formula is C29H26ClN3O5. The van der Waals surface area contributed by atoms with Crippen molar-refractivity contribution in [2.24, 2.45) is 0 Å². The largest absolute Gasteiger partial charge is 0.462 e. The second-order valence-corrected chi connectivity index (χ2v) is 8.88. The number of esters is 1. The maximum atomic E-state index is 13.3. The predicted molar refractivity (Wildman–Crippen MR) is 146 cm³/mol. The van der Waals surface area contributed by atoms with Crippen LogP contribution in [0.5, 0.6) is 0 Å². The summed E-state index contributed by atoms with van der Waals surface area (Å²) < 4.78 is 5.00. The highest BCUT2D eigenvalue weighted by atomic mass is 35.5. The van der Waals surface area contributed by atoms with Gasteiger partial charge in [0.05, 0.1) is 17.9 Å². The molecule has 9 heteroatoms. The number of carbonyl (C=O) groups excluding carboxylic acids is 4. The molecule has 3 aromatic carbocycles. The first-order chi connectivity index (χ1) is 18.2. The molecule has 3 aromatic rings. The molecule has 1 heterocycles. The van der Waals surface area contributed by atoms with Crippen LogP contribution in [0.15, 0.2) is 83.5 Å². The van der Waals surface area contributed by atoms with Crippen LogP contribution in [0.3, 0.4) is 0 Å². The van der Waals surface area contributed by atoms with Gasteiger partial charge >= 0.3 is 5.97 Å². The van der Waals surface area contributed by atoms with Crippen LogP contribution in [0.4, 0.5) is 17.1 Å². The van der Waals surface area contributed by atoms with Gasteiger partial charge in [0.1, 0.15) is 10.7 Å². The van der Waals surface area contributed by atoms with Gasteiger partial charge in [-0.15, -0.1) is 0 Å². The minimum atomic E-state index is -0.732. The Morgan fingerprint density at radius 2 is 1.63 bits per heavy atom. The van der Waals surface area contributed by atoms with Gasteiger partial charge in [-0.3, -0.25) is 14.4 Å². The van der Waals surface area contributed by atoms with Gasteiger partial charge in [-0.05, 0) is 74.9 Å². The Labute approximate surface area is 225 Å². The smallest absolute Gasteiger partial charge is 0.338 e. The van der Waals surface area contributed by atoms with E-state index in [1.807, 2.05) is 38.1 Å². The normalized spacial score (nSPS) is 13.1. The summed E-state index contributed by atoms with van der Waals surface area (Å²) in [6.45, 7) is 6.18. The summed E-state index contributed by atoms with van der Waals surface area (Å²) in [6.07, 6.45) is 0. The SMILES string of the molecule is CCOC(=O)c1cccc(N2C(=O)C(Cl)=C(Nc3cccc(C(=O)N(CC)c4cccc(C)c4)c3)C2=O)c1. The average Bonchev–Trinajstić information content (AvgIpc) is 3.12. The molecule has 0 unspecified atom stereocenters. The lowest BCUT2D eigenvalue weighted by atomic mass is 10.1. The fraction of sp³-hybridized carbons (Fsp3) is 0.172. The average molecular weight is 532 g/mol. The van der Waals surface area contributed by atoms with E-state index in [2.05, 4.69) is 5.32 Å². The van der Waals surface area contributed by atoms with E-state index in [4.69, 9.17) is 16.3 Å². The van der Waals surface area contributed by atoms with E-state index in [1.54, 1.807) is 42.2 Å². The molecule has 0 aliphatic carbocycles. The molecule has 1 aliphatic rings. The van der Waals surface area contributed by atoms with Crippen molar-refractivity contribution in [2.45, 2.75) is 20.8 Å². The first kappa shape index (κ1) is 26.6. The maximum absolute atomic E-state index is 13.3. The van der Waals surface area contributed by atoms with E-state index in [1.165, 1.54) is 18.2 Å². The summed E-state index contributed by atoms with van der Waals surface area (Å²) >= 11 is 6.28. The van der Waals surface area contributed by atoms with Crippen LogP contribution in [-0.4, -0.2) is 36.8 Å². The Hall–Kier alpha value is -4.43. The number of amides is 3. The predicted octanol–water partition coefficient (Wildman–Crippen LogP) is 5.27. The number of benzene rings is 3. The molecule has 0 fully saturated rings. The summed E-state index contributed by atoms with van der Waals surface area (Å²) in [4.78, 5) is 54.1. The van der Waals surface area contributed by atoms with Crippen molar-refractivity contribution in [3.63, 3.8) is 0 Å². The van der Waals surface area contributed by atoms with Gasteiger partial charge in [0.25, 0.3) is 17.7 Å². The molecular weight excluding hydrogens is 506 g/mol. The van der Waals surface area contributed by atoms with Gasteiger partial charge in [0.2, 0.25) is 0 Å². The third-order valence-electron chi connectivity index (χ3n) is 5.90. The number of carbonyl (C=O) groups is 4. The van der Waals surface area contributed by atoms with Crippen molar-refractivity contribution in [3.05, 3.63) is 100 Å². The van der Waals surface area contributed by atoms with Gasteiger partial charge < -0.3 is 15.0 Å². The number of ether oxygens (including phenoxy) is 1. The van der Waals surface area contributed by atoms with Crippen molar-refractivity contribution in [2.75, 3.05) is 28.3 Å². The van der Waals surface area contributed by atoms with Crippen LogP contribution in [0.2, 0.25) is 0 Å². The van der Waals surface area contributed by atoms with Crippen molar-refractivity contribution in [1.82, 2.24) is 0 Å². The molecule has 1 aliphatic heterocycles. The van der Waals surface area contributed by atoms with Crippen molar-refractivity contribution in [3.8, 4) is 0 Å². The van der Waals surface area contributed by atoms with Crippen molar-refractivity contribution in [1.29, 1.82) is 0 Å². The number of anilines is 3. The zero-order chi connectivity index (χ0) is 27.4. The van der Waals surface area contributed by atoms with Crippen LogP contribution < -0.4 is 15.1 Å². The highest BCUT2D eigenvalue weighted by Gasteiger charge is 2.39. The molecule has 0 bridgehead atoms. The van der Waals surface area contributed by atoms with E-state index in [0.717, 1.165) is 16.2 Å². The van der Waals surface area contributed by atoms with Crippen molar-refractivity contribution >= 4 is 52.4 Å². The molecule has 194 valence electrons. The Morgan fingerprint density at radius 3 is 2.34 bits per heavy atom. The Morgan fingerprint density at radius 1 is 0.921 bits per heavy atom. The molecule has 0 aromatic heterocycles. The molecule has 0 atom stereocenters. The van der Waals surface area contributed by atoms with E-state index in [-0.39, 0.29) is 34.5 Å². The lowest BCUT2D eigenvalue weighted by Gasteiger charge is -2.22. The number of halogens is 1. The number of imide groups is 1. The highest BCUT2D eigenvalue weighted by Crippen LogP contribution is 2.31. The molecule has 38 heavy (non-hydrogen) atoms. The van der Waals surface area contributed by atoms with Crippen molar-refractivity contribution < 1.29 is 23.9 Å². The zero-order valence-corrected chi connectivity index (χ0v) is 21.9. The van der Waals surface area contributed by atoms with Crippen LogP contribution in [0, 0.1) is 6.92 Å². The first-order valence-corrected chi connectivity index (χ1v) is 12.4. The van der Waals surface area contributed by atoms with Gasteiger partial charge in [-0.1, -0.05) is 35.9 Å². The van der Waals surface area contributed by atoms with Crippen LogP contribution in [0.1, 0.15) is 40.1 Å². The molecule has 8 nitrogen and oxygen atoms in total. The molecule has 0 saturated heterocycles. The number of rotatable bonds is 8. The Balaban J connectivity index is 1.57. The molecule has 4 rings (SSSR count). The van der Waals surface area contributed by atoms with Gasteiger partial charge in [0.15, 0.2) is 0 Å². The van der Waals surface area contributed by atoms with Gasteiger partial charge in [-0.2, -0.15) is 0 Å². The van der Waals surface area contributed by atoms with E-state index in [0.29, 0.717) is 17.8 Å². The molecule has 0 radical (unpaired) electrons. The molecule has 1 N–H and O–H groups in total. The summed E-state index contributed by atoms with van der Waals surface area (Å²) in [5, 5.41) is 2.60. The third-order valence-corrected chi connectivity index (χ3v) is 6.25. The van der Waals surface area contributed by atoms with E-state index < -0.39 is 17.8 Å². The number of nitrogens with one attached hydrogen (secondary N) is 1. The molecule has 0 spiro atoms. The maximum Gasteiger partial charge on any atom is 0.338 e. The lowest BCUT2D eigenvalue weighted by molar-refractivity contribution is -0.120. The second-order valence-electron chi connectivity index (χ2n) is 8.50. The van der Waals surface area contributed by atoms with Gasteiger partial charge in [0, 0.05) is 23.5 Å². The Kier molecular flexibility index (Phi) is 7.93. The summed E-state index contributed by atoms with van der Waals surface area (Å²) in [6, 6.07) is 20.3. The van der Waals surface area contributed by atoms with Crippen LogP contribution >= 0.6 is 11.6 Å². The number of nitrogens with zero attached hydrogens (tertiary/aromatic N) is 2. The second kappa shape index (κ2) is 11.3. The monoisotopic (exact) mass is 531 g/mol. The lowest BCUT2D eigenvalue weighted by Crippen LogP contribution is -2.32. The molecule has 0 saturated carbocycles. The third kappa shape index (κ3) is 5.31. The molecule has 3 amide bonds. The van der Waals surface area contributed by atoms with Crippen LogP contribution in [0.25, 0.3) is 0 Å². The highest BCUT2D eigenvalue weighted by molar-refractivity contribution is 6.53. The first-order valence-electron chi connectivity index (χ1n) is 12.1. The van der Waals surface area contributed by atoms with Gasteiger partial charge in [-0.25, -0.2) is 9.69 Å². The summed E-state index contributed by atoms with van der Waals surface area (Å²) in [5.41, 5.74) is 2.86. The standard InChI is InChI=1S/C29H26ClN3O5/c1-4-32(22-13-6-9-18(3)15-22)26(34)19-10-7-12-21(16-19)31-25-24(30)27(35)33(28(25)36)23-14-8-11-20(17-23)29(37)38-5-2/h6-17,31H,4-5H2,1-3H3. The van der Waals surface area contributed by atoms with E-state index in [9.17, 15) is 19.2 Å². The minimum absolute atomic E-state index is 0.131. The number of hydrogen-bond acceptors (Lipinski definition) is 6. The number of hydrogen-bond donors (Lipinski definition) is 1. The van der Waals surface area contributed by atoms with Crippen LogP contribution in [-0.2, 0) is 14.3 Å². The summed E-state index contributed by atoms with van der Waals surface area (Å²) in [5.74, 6) is -2.20. The van der Waals surface area contributed by atoms with E-state index >= 15 is 0 Å². The zero-order valence-electron chi connectivity index (χ0n) is 21.2. The summed E-state index contributed by atoms with van der Waals surface area (Å²) in [7, 11) is 0. The minimum Gasteiger partial charge on any atom is -0.462 e. The number of aryl methyl sites for hydroxylation is 1.